The number of hydrogen-bond acceptors (Lipinski definition) is 4. The van der Waals surface area contributed by atoms with E-state index in [2.05, 4.69) is 26.1 Å². The highest BCUT2D eigenvalue weighted by Gasteiger charge is 2.15. The average Bonchev–Trinajstić information content (AvgIpc) is 2.59. The molecule has 0 saturated carbocycles. The van der Waals surface area contributed by atoms with Gasteiger partial charge < -0.3 is 15.0 Å². The van der Waals surface area contributed by atoms with E-state index in [0.29, 0.717) is 11.3 Å². The molecule has 0 aliphatic heterocycles. The molecule has 26 heavy (non-hydrogen) atoms. The highest BCUT2D eigenvalue weighted by Crippen LogP contribution is 2.22. The number of amides is 1. The zero-order valence-corrected chi connectivity index (χ0v) is 16.0. The maximum absolute atomic E-state index is 12.1. The Morgan fingerprint density at radius 2 is 1.54 bits per heavy atom. The van der Waals surface area contributed by atoms with Crippen molar-refractivity contribution in [3.63, 3.8) is 0 Å². The summed E-state index contributed by atoms with van der Waals surface area (Å²) in [6.07, 6.45) is 0. The summed E-state index contributed by atoms with van der Waals surface area (Å²) in [6.45, 7) is 6.00. The summed E-state index contributed by atoms with van der Waals surface area (Å²) in [5.41, 5.74) is 3.28. The summed E-state index contributed by atoms with van der Waals surface area (Å²) in [5, 5.41) is 2.71. The Kier molecular flexibility index (Phi) is 6.03. The SMILES string of the molecule is CN(C)c1ccc(NC(=O)COC(=O)c2ccc(C(C)(C)C)cc2)cc1. The Morgan fingerprint density at radius 1 is 0.962 bits per heavy atom. The van der Waals surface area contributed by atoms with Crippen molar-refractivity contribution in [2.45, 2.75) is 26.2 Å². The monoisotopic (exact) mass is 354 g/mol. The molecule has 5 nitrogen and oxygen atoms in total. The average molecular weight is 354 g/mol. The van der Waals surface area contributed by atoms with Gasteiger partial charge in [0.1, 0.15) is 0 Å². The number of carbonyl (C=O) groups excluding carboxylic acids is 2. The molecule has 0 spiro atoms. The molecule has 138 valence electrons. The molecule has 0 aliphatic rings. The van der Waals surface area contributed by atoms with Gasteiger partial charge in [0.25, 0.3) is 5.91 Å². The fourth-order valence-electron chi connectivity index (χ4n) is 2.36. The summed E-state index contributed by atoms with van der Waals surface area (Å²) in [4.78, 5) is 26.0. The second-order valence-corrected chi connectivity index (χ2v) is 7.39. The minimum absolute atomic E-state index is 0.0183. The minimum atomic E-state index is -0.511. The van der Waals surface area contributed by atoms with Crippen molar-refractivity contribution < 1.29 is 14.3 Å². The lowest BCUT2D eigenvalue weighted by Crippen LogP contribution is -2.21. The molecule has 0 radical (unpaired) electrons. The van der Waals surface area contributed by atoms with E-state index in [1.54, 1.807) is 24.3 Å². The number of benzene rings is 2. The van der Waals surface area contributed by atoms with Crippen molar-refractivity contribution in [2.75, 3.05) is 30.9 Å². The van der Waals surface area contributed by atoms with E-state index in [-0.39, 0.29) is 17.9 Å². The van der Waals surface area contributed by atoms with E-state index in [1.165, 1.54) is 0 Å². The van der Waals surface area contributed by atoms with E-state index in [4.69, 9.17) is 4.74 Å². The van der Waals surface area contributed by atoms with Crippen LogP contribution >= 0.6 is 0 Å². The van der Waals surface area contributed by atoms with E-state index < -0.39 is 5.97 Å². The first-order valence-electron chi connectivity index (χ1n) is 8.52. The molecule has 2 aromatic rings. The van der Waals surface area contributed by atoms with Gasteiger partial charge in [-0.25, -0.2) is 4.79 Å². The van der Waals surface area contributed by atoms with Crippen LogP contribution in [0.2, 0.25) is 0 Å². The first-order valence-corrected chi connectivity index (χ1v) is 8.52. The highest BCUT2D eigenvalue weighted by molar-refractivity contribution is 5.95. The molecule has 5 heteroatoms. The predicted molar refractivity (Wildman–Crippen MR) is 105 cm³/mol. The highest BCUT2D eigenvalue weighted by atomic mass is 16.5. The second-order valence-electron chi connectivity index (χ2n) is 7.39. The Bertz CT molecular complexity index is 757. The van der Waals surface area contributed by atoms with E-state index in [1.807, 2.05) is 43.3 Å². The fourth-order valence-corrected chi connectivity index (χ4v) is 2.36. The van der Waals surface area contributed by atoms with Crippen LogP contribution in [0.5, 0.6) is 0 Å². The smallest absolute Gasteiger partial charge is 0.338 e. The molecule has 0 fully saturated rings. The van der Waals surface area contributed by atoms with Crippen LogP contribution in [0, 0.1) is 0 Å². The van der Waals surface area contributed by atoms with Crippen LogP contribution in [0.15, 0.2) is 48.5 Å². The van der Waals surface area contributed by atoms with E-state index in [9.17, 15) is 9.59 Å². The van der Waals surface area contributed by atoms with Gasteiger partial charge in [0, 0.05) is 25.5 Å². The third kappa shape index (κ3) is 5.34. The molecule has 0 atom stereocenters. The molecular formula is C21H26N2O3. The number of nitrogens with zero attached hydrogens (tertiary/aromatic N) is 1. The van der Waals surface area contributed by atoms with Crippen LogP contribution in [-0.2, 0) is 14.9 Å². The number of rotatable bonds is 5. The molecule has 2 aromatic carbocycles. The van der Waals surface area contributed by atoms with Gasteiger partial charge in [-0.3, -0.25) is 4.79 Å². The minimum Gasteiger partial charge on any atom is -0.452 e. The largest absolute Gasteiger partial charge is 0.452 e. The van der Waals surface area contributed by atoms with Crippen molar-refractivity contribution in [2.24, 2.45) is 0 Å². The molecule has 0 aliphatic carbocycles. The van der Waals surface area contributed by atoms with Crippen molar-refractivity contribution >= 4 is 23.3 Å². The summed E-state index contributed by atoms with van der Waals surface area (Å²) >= 11 is 0. The zero-order valence-electron chi connectivity index (χ0n) is 16.0. The number of hydrogen-bond donors (Lipinski definition) is 1. The van der Waals surface area contributed by atoms with Crippen LogP contribution < -0.4 is 10.2 Å². The molecule has 2 rings (SSSR count). The molecule has 1 amide bonds. The van der Waals surface area contributed by atoms with Crippen LogP contribution in [0.3, 0.4) is 0 Å². The number of esters is 1. The topological polar surface area (TPSA) is 58.6 Å². The first-order chi connectivity index (χ1) is 12.2. The Morgan fingerprint density at radius 3 is 2.04 bits per heavy atom. The van der Waals surface area contributed by atoms with Gasteiger partial charge in [-0.1, -0.05) is 32.9 Å². The van der Waals surface area contributed by atoms with Gasteiger partial charge in [-0.05, 0) is 47.4 Å². The molecule has 0 heterocycles. The summed E-state index contributed by atoms with van der Waals surface area (Å²) in [5.74, 6) is -0.883. The summed E-state index contributed by atoms with van der Waals surface area (Å²) in [7, 11) is 3.89. The lowest BCUT2D eigenvalue weighted by atomic mass is 9.87. The summed E-state index contributed by atoms with van der Waals surface area (Å²) in [6, 6.07) is 14.7. The first kappa shape index (κ1) is 19.5. The van der Waals surface area contributed by atoms with E-state index >= 15 is 0 Å². The van der Waals surface area contributed by atoms with Crippen molar-refractivity contribution in [3.05, 3.63) is 59.7 Å². The molecule has 0 aromatic heterocycles. The molecule has 0 bridgehead atoms. The quantitative estimate of drug-likeness (QED) is 0.829. The van der Waals surface area contributed by atoms with Gasteiger partial charge in [0.05, 0.1) is 5.56 Å². The van der Waals surface area contributed by atoms with Crippen molar-refractivity contribution in [3.8, 4) is 0 Å². The van der Waals surface area contributed by atoms with Crippen LogP contribution in [0.1, 0.15) is 36.7 Å². The Hall–Kier alpha value is -2.82. The number of carbonyl (C=O) groups is 2. The molecule has 0 saturated heterocycles. The van der Waals surface area contributed by atoms with Crippen molar-refractivity contribution in [1.82, 2.24) is 0 Å². The predicted octanol–water partition coefficient (Wildman–Crippen LogP) is 3.85. The van der Waals surface area contributed by atoms with E-state index in [0.717, 1.165) is 11.3 Å². The summed E-state index contributed by atoms with van der Waals surface area (Å²) < 4.78 is 5.09. The Labute approximate surface area is 155 Å². The standard InChI is InChI=1S/C21H26N2O3/c1-21(2,3)16-8-6-15(7-9-16)20(25)26-14-19(24)22-17-10-12-18(13-11-17)23(4)5/h6-13H,14H2,1-5H3,(H,22,24). The van der Waals surface area contributed by atoms with Crippen LogP contribution in [-0.4, -0.2) is 32.6 Å². The maximum atomic E-state index is 12.1. The Balaban J connectivity index is 1.87. The lowest BCUT2D eigenvalue weighted by molar-refractivity contribution is -0.119. The molecular weight excluding hydrogens is 328 g/mol. The number of nitrogens with one attached hydrogen (secondary N) is 1. The molecule has 1 N–H and O–H groups in total. The van der Waals surface area contributed by atoms with Gasteiger partial charge in [0.15, 0.2) is 6.61 Å². The van der Waals surface area contributed by atoms with Gasteiger partial charge in [-0.15, -0.1) is 0 Å². The van der Waals surface area contributed by atoms with Crippen LogP contribution in [0.25, 0.3) is 0 Å². The molecule has 0 unspecified atom stereocenters. The third-order valence-electron chi connectivity index (χ3n) is 3.99. The van der Waals surface area contributed by atoms with Crippen molar-refractivity contribution in [1.29, 1.82) is 0 Å². The van der Waals surface area contributed by atoms with Gasteiger partial charge in [0.2, 0.25) is 0 Å². The maximum Gasteiger partial charge on any atom is 0.338 e. The zero-order chi connectivity index (χ0) is 19.3. The van der Waals surface area contributed by atoms with Crippen LogP contribution in [0.4, 0.5) is 11.4 Å². The second kappa shape index (κ2) is 8.04. The number of ether oxygens (including phenoxy) is 1. The third-order valence-corrected chi connectivity index (χ3v) is 3.99. The van der Waals surface area contributed by atoms with Gasteiger partial charge in [-0.2, -0.15) is 0 Å². The number of anilines is 2. The van der Waals surface area contributed by atoms with Gasteiger partial charge >= 0.3 is 5.97 Å². The lowest BCUT2D eigenvalue weighted by Gasteiger charge is -2.18. The fraction of sp³-hybridized carbons (Fsp3) is 0.333. The normalized spacial score (nSPS) is 11.0.